The maximum Gasteiger partial charge on any atom is 0.223 e. The molecule has 1 aliphatic rings. The van der Waals surface area contributed by atoms with Gasteiger partial charge in [-0.3, -0.25) is 4.79 Å². The van der Waals surface area contributed by atoms with Crippen LogP contribution in [0.2, 0.25) is 0 Å². The molecule has 0 spiro atoms. The Morgan fingerprint density at radius 1 is 1.71 bits per heavy atom. The second kappa shape index (κ2) is 3.82. The highest BCUT2D eigenvalue weighted by atomic mass is 16.2. The third-order valence-corrected chi connectivity index (χ3v) is 2.52. The van der Waals surface area contributed by atoms with Crippen molar-refractivity contribution in [1.29, 1.82) is 0 Å². The van der Waals surface area contributed by atoms with E-state index in [1.165, 1.54) is 0 Å². The summed E-state index contributed by atoms with van der Waals surface area (Å²) in [6.45, 7) is 0.695. The van der Waals surface area contributed by atoms with Gasteiger partial charge in [0.15, 0.2) is 0 Å². The van der Waals surface area contributed by atoms with Crippen LogP contribution in [0.1, 0.15) is 18.7 Å². The van der Waals surface area contributed by atoms with Gasteiger partial charge in [0.25, 0.3) is 0 Å². The van der Waals surface area contributed by atoms with E-state index in [0.29, 0.717) is 12.5 Å². The summed E-state index contributed by atoms with van der Waals surface area (Å²) < 4.78 is 1.98. The minimum atomic E-state index is 0.208. The number of hydrogen-bond donors (Lipinski definition) is 1. The molecule has 1 aliphatic carbocycles. The Hall–Kier alpha value is -1.32. The van der Waals surface area contributed by atoms with Gasteiger partial charge in [0.05, 0.1) is 0 Å². The van der Waals surface area contributed by atoms with E-state index in [4.69, 9.17) is 0 Å². The SMILES string of the molecule is Cn1ccnc1CCNC(=O)C1CC1. The predicted octanol–water partition coefficient (Wildman–Crippen LogP) is 0.489. The number of carbonyl (C=O) groups is 1. The number of rotatable bonds is 4. The van der Waals surface area contributed by atoms with Crippen molar-refractivity contribution in [2.24, 2.45) is 13.0 Å². The van der Waals surface area contributed by atoms with Crippen molar-refractivity contribution >= 4 is 5.91 Å². The summed E-state index contributed by atoms with van der Waals surface area (Å²) in [5, 5.41) is 2.92. The molecule has 2 rings (SSSR count). The minimum Gasteiger partial charge on any atom is -0.355 e. The van der Waals surface area contributed by atoms with E-state index in [-0.39, 0.29) is 5.91 Å². The Morgan fingerprint density at radius 3 is 3.07 bits per heavy atom. The van der Waals surface area contributed by atoms with Gasteiger partial charge in [0.1, 0.15) is 5.82 Å². The fraction of sp³-hybridized carbons (Fsp3) is 0.600. The summed E-state index contributed by atoms with van der Waals surface area (Å²) in [5.41, 5.74) is 0. The van der Waals surface area contributed by atoms with Crippen LogP contribution in [0.5, 0.6) is 0 Å². The topological polar surface area (TPSA) is 46.9 Å². The number of nitrogens with zero attached hydrogens (tertiary/aromatic N) is 2. The van der Waals surface area contributed by atoms with Crippen LogP contribution in [0.15, 0.2) is 12.4 Å². The molecule has 0 aliphatic heterocycles. The van der Waals surface area contributed by atoms with E-state index in [9.17, 15) is 4.79 Å². The van der Waals surface area contributed by atoms with Gasteiger partial charge < -0.3 is 9.88 Å². The standard InChI is InChI=1S/C10H15N3O/c1-13-7-6-11-9(13)4-5-12-10(14)8-2-3-8/h6-8H,2-5H2,1H3,(H,12,14). The van der Waals surface area contributed by atoms with Gasteiger partial charge in [-0.05, 0) is 12.8 Å². The number of nitrogens with one attached hydrogen (secondary N) is 1. The number of aryl methyl sites for hydroxylation is 1. The summed E-state index contributed by atoms with van der Waals surface area (Å²) in [7, 11) is 1.96. The van der Waals surface area contributed by atoms with E-state index in [0.717, 1.165) is 25.1 Å². The van der Waals surface area contributed by atoms with Gasteiger partial charge in [-0.1, -0.05) is 0 Å². The zero-order chi connectivity index (χ0) is 9.97. The molecule has 4 nitrogen and oxygen atoms in total. The van der Waals surface area contributed by atoms with Crippen LogP contribution >= 0.6 is 0 Å². The molecular formula is C10H15N3O. The molecule has 14 heavy (non-hydrogen) atoms. The Kier molecular flexibility index (Phi) is 2.52. The van der Waals surface area contributed by atoms with Crippen molar-refractivity contribution < 1.29 is 4.79 Å². The molecule has 1 N–H and O–H groups in total. The largest absolute Gasteiger partial charge is 0.355 e. The van der Waals surface area contributed by atoms with Crippen LogP contribution in [0, 0.1) is 5.92 Å². The lowest BCUT2D eigenvalue weighted by Crippen LogP contribution is -2.27. The molecule has 0 atom stereocenters. The average Bonchev–Trinajstić information content (AvgIpc) is 2.93. The zero-order valence-electron chi connectivity index (χ0n) is 8.36. The van der Waals surface area contributed by atoms with Crippen LogP contribution in [0.4, 0.5) is 0 Å². The molecule has 1 aromatic heterocycles. The number of aromatic nitrogens is 2. The quantitative estimate of drug-likeness (QED) is 0.756. The van der Waals surface area contributed by atoms with E-state index in [1.54, 1.807) is 6.20 Å². The highest BCUT2D eigenvalue weighted by Gasteiger charge is 2.28. The summed E-state index contributed by atoms with van der Waals surface area (Å²) in [6.07, 6.45) is 6.63. The average molecular weight is 193 g/mol. The Bertz CT molecular complexity index is 328. The van der Waals surface area contributed by atoms with Gasteiger partial charge in [0, 0.05) is 38.3 Å². The molecule has 0 aromatic carbocycles. The lowest BCUT2D eigenvalue weighted by atomic mass is 10.3. The second-order valence-corrected chi connectivity index (χ2v) is 3.77. The van der Waals surface area contributed by atoms with Crippen molar-refractivity contribution in [3.05, 3.63) is 18.2 Å². The lowest BCUT2D eigenvalue weighted by Gasteiger charge is -2.03. The lowest BCUT2D eigenvalue weighted by molar-refractivity contribution is -0.122. The number of imidazole rings is 1. The zero-order valence-corrected chi connectivity index (χ0v) is 8.36. The first-order valence-electron chi connectivity index (χ1n) is 5.01. The van der Waals surface area contributed by atoms with Crippen molar-refractivity contribution in [1.82, 2.24) is 14.9 Å². The van der Waals surface area contributed by atoms with E-state index < -0.39 is 0 Å². The third kappa shape index (κ3) is 2.13. The van der Waals surface area contributed by atoms with Crippen LogP contribution in [-0.4, -0.2) is 22.0 Å². The smallest absolute Gasteiger partial charge is 0.223 e. The van der Waals surface area contributed by atoms with Crippen LogP contribution in [0.3, 0.4) is 0 Å². The summed E-state index contributed by atoms with van der Waals surface area (Å²) in [5.74, 6) is 1.52. The van der Waals surface area contributed by atoms with Gasteiger partial charge in [-0.2, -0.15) is 0 Å². The maximum absolute atomic E-state index is 11.3. The Morgan fingerprint density at radius 2 is 2.50 bits per heavy atom. The van der Waals surface area contributed by atoms with Crippen LogP contribution < -0.4 is 5.32 Å². The molecule has 0 unspecified atom stereocenters. The number of hydrogen-bond acceptors (Lipinski definition) is 2. The first-order valence-corrected chi connectivity index (χ1v) is 5.01. The van der Waals surface area contributed by atoms with Crippen LogP contribution in [0.25, 0.3) is 0 Å². The molecule has 1 heterocycles. The Labute approximate surface area is 83.3 Å². The molecular weight excluding hydrogens is 178 g/mol. The van der Waals surface area contributed by atoms with E-state index >= 15 is 0 Å². The fourth-order valence-corrected chi connectivity index (χ4v) is 1.42. The first kappa shape index (κ1) is 9.24. The predicted molar refractivity (Wildman–Crippen MR) is 52.6 cm³/mol. The van der Waals surface area contributed by atoms with Crippen molar-refractivity contribution in [2.45, 2.75) is 19.3 Å². The van der Waals surface area contributed by atoms with E-state index in [2.05, 4.69) is 10.3 Å². The minimum absolute atomic E-state index is 0.208. The number of carbonyl (C=O) groups excluding carboxylic acids is 1. The van der Waals surface area contributed by atoms with Crippen molar-refractivity contribution in [3.8, 4) is 0 Å². The molecule has 1 saturated carbocycles. The monoisotopic (exact) mass is 193 g/mol. The highest BCUT2D eigenvalue weighted by molar-refractivity contribution is 5.80. The normalized spacial score (nSPS) is 15.5. The van der Waals surface area contributed by atoms with Gasteiger partial charge in [-0.25, -0.2) is 4.98 Å². The summed E-state index contributed by atoms with van der Waals surface area (Å²) in [6, 6.07) is 0. The van der Waals surface area contributed by atoms with Gasteiger partial charge in [-0.15, -0.1) is 0 Å². The van der Waals surface area contributed by atoms with Crippen molar-refractivity contribution in [3.63, 3.8) is 0 Å². The molecule has 76 valence electrons. The summed E-state index contributed by atoms with van der Waals surface area (Å²) in [4.78, 5) is 15.5. The van der Waals surface area contributed by atoms with Gasteiger partial charge in [0.2, 0.25) is 5.91 Å². The molecule has 0 bridgehead atoms. The highest BCUT2D eigenvalue weighted by Crippen LogP contribution is 2.28. The molecule has 4 heteroatoms. The summed E-state index contributed by atoms with van der Waals surface area (Å²) >= 11 is 0. The molecule has 0 radical (unpaired) electrons. The van der Waals surface area contributed by atoms with Crippen LogP contribution in [-0.2, 0) is 18.3 Å². The first-order chi connectivity index (χ1) is 6.77. The molecule has 1 fully saturated rings. The molecule has 1 aromatic rings. The molecule has 0 saturated heterocycles. The van der Waals surface area contributed by atoms with E-state index in [1.807, 2.05) is 17.8 Å². The van der Waals surface area contributed by atoms with Crippen molar-refractivity contribution in [2.75, 3.05) is 6.54 Å². The fourth-order valence-electron chi connectivity index (χ4n) is 1.42. The molecule has 1 amide bonds. The second-order valence-electron chi connectivity index (χ2n) is 3.77. The number of amides is 1. The maximum atomic E-state index is 11.3. The Balaban J connectivity index is 1.72. The van der Waals surface area contributed by atoms with Gasteiger partial charge >= 0.3 is 0 Å². The third-order valence-electron chi connectivity index (χ3n) is 2.52.